The summed E-state index contributed by atoms with van der Waals surface area (Å²) in [6.45, 7) is 8.78. The molecule has 4 nitrogen and oxygen atoms in total. The van der Waals surface area contributed by atoms with Gasteiger partial charge < -0.3 is 10.2 Å². The quantitative estimate of drug-likeness (QED) is 0.560. The van der Waals surface area contributed by atoms with E-state index in [1.54, 1.807) is 29.2 Å². The van der Waals surface area contributed by atoms with Gasteiger partial charge >= 0.3 is 0 Å². The summed E-state index contributed by atoms with van der Waals surface area (Å²) in [4.78, 5) is 25.4. The second kappa shape index (κ2) is 9.53. The third-order valence-electron chi connectivity index (χ3n) is 2.94. The molecule has 0 fully saturated rings. The first-order valence-electron chi connectivity index (χ1n) is 7.02. The van der Waals surface area contributed by atoms with Crippen LogP contribution in [-0.4, -0.2) is 36.3 Å². The molecule has 0 aromatic heterocycles. The van der Waals surface area contributed by atoms with Gasteiger partial charge in [-0.2, -0.15) is 0 Å². The molecule has 1 rings (SSSR count). The van der Waals surface area contributed by atoms with Crippen LogP contribution in [0.25, 0.3) is 0 Å². The molecule has 1 aromatic rings. The Morgan fingerprint density at radius 3 is 2.29 bits per heavy atom. The SMILES string of the molecule is C=CCN(CC=C)C(=O)CCCNC(=O)c1ccccc1. The van der Waals surface area contributed by atoms with Gasteiger partial charge in [0.1, 0.15) is 0 Å². The van der Waals surface area contributed by atoms with Gasteiger partial charge in [0.05, 0.1) is 0 Å². The second-order valence-corrected chi connectivity index (χ2v) is 4.60. The van der Waals surface area contributed by atoms with E-state index < -0.39 is 0 Å². The molecule has 21 heavy (non-hydrogen) atoms. The van der Waals surface area contributed by atoms with Gasteiger partial charge in [-0.25, -0.2) is 0 Å². The van der Waals surface area contributed by atoms with E-state index >= 15 is 0 Å². The van der Waals surface area contributed by atoms with Crippen molar-refractivity contribution in [1.29, 1.82) is 0 Å². The summed E-state index contributed by atoms with van der Waals surface area (Å²) in [6, 6.07) is 9.03. The van der Waals surface area contributed by atoms with E-state index in [0.29, 0.717) is 38.0 Å². The first-order valence-corrected chi connectivity index (χ1v) is 7.02. The van der Waals surface area contributed by atoms with E-state index in [4.69, 9.17) is 0 Å². The van der Waals surface area contributed by atoms with Crippen LogP contribution in [-0.2, 0) is 4.79 Å². The molecule has 0 bridgehead atoms. The minimum atomic E-state index is -0.114. The summed E-state index contributed by atoms with van der Waals surface area (Å²) in [5, 5.41) is 2.81. The number of hydrogen-bond donors (Lipinski definition) is 1. The van der Waals surface area contributed by atoms with E-state index in [1.807, 2.05) is 18.2 Å². The Balaban J connectivity index is 2.29. The van der Waals surface area contributed by atoms with Crippen LogP contribution in [0.3, 0.4) is 0 Å². The molecule has 4 heteroatoms. The van der Waals surface area contributed by atoms with E-state index in [9.17, 15) is 9.59 Å². The lowest BCUT2D eigenvalue weighted by atomic mass is 10.2. The maximum Gasteiger partial charge on any atom is 0.251 e. The van der Waals surface area contributed by atoms with E-state index in [2.05, 4.69) is 18.5 Å². The molecular formula is C17H22N2O2. The minimum Gasteiger partial charge on any atom is -0.352 e. The predicted molar refractivity (Wildman–Crippen MR) is 85.0 cm³/mol. The summed E-state index contributed by atoms with van der Waals surface area (Å²) < 4.78 is 0. The highest BCUT2D eigenvalue weighted by Crippen LogP contribution is 2.00. The van der Waals surface area contributed by atoms with Gasteiger partial charge in [-0.1, -0.05) is 30.4 Å². The number of nitrogens with one attached hydrogen (secondary N) is 1. The van der Waals surface area contributed by atoms with Crippen LogP contribution in [0.15, 0.2) is 55.6 Å². The molecule has 0 atom stereocenters. The Hall–Kier alpha value is -2.36. The zero-order chi connectivity index (χ0) is 15.5. The topological polar surface area (TPSA) is 49.4 Å². The Morgan fingerprint density at radius 1 is 1.10 bits per heavy atom. The van der Waals surface area contributed by atoms with Crippen molar-refractivity contribution >= 4 is 11.8 Å². The lowest BCUT2D eigenvalue weighted by Gasteiger charge is -2.19. The minimum absolute atomic E-state index is 0.0451. The van der Waals surface area contributed by atoms with Crippen molar-refractivity contribution in [3.8, 4) is 0 Å². The third-order valence-corrected chi connectivity index (χ3v) is 2.94. The maximum atomic E-state index is 12.0. The van der Waals surface area contributed by atoms with Crippen molar-refractivity contribution in [3.05, 3.63) is 61.2 Å². The van der Waals surface area contributed by atoms with Crippen molar-refractivity contribution in [1.82, 2.24) is 10.2 Å². The van der Waals surface area contributed by atoms with Gasteiger partial charge in [0.2, 0.25) is 5.91 Å². The number of amides is 2. The van der Waals surface area contributed by atoms with Crippen molar-refractivity contribution in [2.45, 2.75) is 12.8 Å². The van der Waals surface area contributed by atoms with E-state index in [1.165, 1.54) is 0 Å². The average molecular weight is 286 g/mol. The molecule has 112 valence electrons. The van der Waals surface area contributed by atoms with Gasteiger partial charge in [-0.05, 0) is 18.6 Å². The zero-order valence-corrected chi connectivity index (χ0v) is 12.3. The largest absolute Gasteiger partial charge is 0.352 e. The molecule has 0 spiro atoms. The molecule has 0 heterocycles. The van der Waals surface area contributed by atoms with Crippen LogP contribution < -0.4 is 5.32 Å². The maximum absolute atomic E-state index is 12.0. The highest BCUT2D eigenvalue weighted by Gasteiger charge is 2.10. The highest BCUT2D eigenvalue weighted by atomic mass is 16.2. The number of nitrogens with zero attached hydrogens (tertiary/aromatic N) is 1. The number of benzene rings is 1. The lowest BCUT2D eigenvalue weighted by molar-refractivity contribution is -0.130. The summed E-state index contributed by atoms with van der Waals surface area (Å²) in [5.74, 6) is -0.0687. The zero-order valence-electron chi connectivity index (χ0n) is 12.3. The predicted octanol–water partition coefficient (Wildman–Crippen LogP) is 2.40. The van der Waals surface area contributed by atoms with Crippen LogP contribution >= 0.6 is 0 Å². The Labute approximate surface area is 126 Å². The molecule has 0 aliphatic heterocycles. The van der Waals surface area contributed by atoms with Gasteiger partial charge in [-0.15, -0.1) is 13.2 Å². The molecule has 0 saturated carbocycles. The molecule has 2 amide bonds. The Bertz CT molecular complexity index is 473. The van der Waals surface area contributed by atoms with Crippen molar-refractivity contribution in [2.75, 3.05) is 19.6 Å². The number of hydrogen-bond acceptors (Lipinski definition) is 2. The van der Waals surface area contributed by atoms with Crippen LogP contribution in [0.1, 0.15) is 23.2 Å². The lowest BCUT2D eigenvalue weighted by Crippen LogP contribution is -2.32. The van der Waals surface area contributed by atoms with Crippen molar-refractivity contribution < 1.29 is 9.59 Å². The summed E-state index contributed by atoms with van der Waals surface area (Å²) in [6.07, 6.45) is 4.40. The van der Waals surface area contributed by atoms with Crippen LogP contribution in [0.4, 0.5) is 0 Å². The molecule has 0 aliphatic rings. The molecule has 1 aromatic carbocycles. The molecular weight excluding hydrogens is 264 g/mol. The first kappa shape index (κ1) is 16.7. The summed E-state index contributed by atoms with van der Waals surface area (Å²) in [7, 11) is 0. The monoisotopic (exact) mass is 286 g/mol. The standard InChI is InChI=1S/C17H22N2O2/c1-3-13-19(14-4-2)16(20)11-8-12-18-17(21)15-9-6-5-7-10-15/h3-7,9-10H,1-2,8,11-14H2,(H,18,21). The highest BCUT2D eigenvalue weighted by molar-refractivity contribution is 5.94. The first-order chi connectivity index (χ1) is 10.2. The fraction of sp³-hybridized carbons (Fsp3) is 0.294. The smallest absolute Gasteiger partial charge is 0.251 e. The van der Waals surface area contributed by atoms with Crippen LogP contribution in [0.2, 0.25) is 0 Å². The van der Waals surface area contributed by atoms with E-state index in [-0.39, 0.29) is 11.8 Å². The van der Waals surface area contributed by atoms with E-state index in [0.717, 1.165) is 0 Å². The molecule has 0 aliphatic carbocycles. The normalized spacial score (nSPS) is 9.71. The Kier molecular flexibility index (Phi) is 7.58. The number of rotatable bonds is 9. The molecule has 0 saturated heterocycles. The fourth-order valence-electron chi connectivity index (χ4n) is 1.88. The second-order valence-electron chi connectivity index (χ2n) is 4.60. The average Bonchev–Trinajstić information content (AvgIpc) is 2.51. The van der Waals surface area contributed by atoms with Gasteiger partial charge in [0, 0.05) is 31.6 Å². The molecule has 0 unspecified atom stereocenters. The van der Waals surface area contributed by atoms with Crippen LogP contribution in [0.5, 0.6) is 0 Å². The van der Waals surface area contributed by atoms with Crippen LogP contribution in [0, 0.1) is 0 Å². The molecule has 0 radical (unpaired) electrons. The summed E-state index contributed by atoms with van der Waals surface area (Å²) >= 11 is 0. The number of carbonyl (C=O) groups excluding carboxylic acids is 2. The van der Waals surface area contributed by atoms with Gasteiger partial charge in [0.25, 0.3) is 5.91 Å². The number of carbonyl (C=O) groups is 2. The van der Waals surface area contributed by atoms with Crippen molar-refractivity contribution in [2.24, 2.45) is 0 Å². The summed E-state index contributed by atoms with van der Waals surface area (Å²) in [5.41, 5.74) is 0.628. The fourth-order valence-corrected chi connectivity index (χ4v) is 1.88. The van der Waals surface area contributed by atoms with Gasteiger partial charge in [-0.3, -0.25) is 9.59 Å². The van der Waals surface area contributed by atoms with Crippen molar-refractivity contribution in [3.63, 3.8) is 0 Å². The third kappa shape index (κ3) is 6.08. The Morgan fingerprint density at radius 2 is 1.71 bits per heavy atom. The molecule has 1 N–H and O–H groups in total. The van der Waals surface area contributed by atoms with Gasteiger partial charge in [0.15, 0.2) is 0 Å².